The summed E-state index contributed by atoms with van der Waals surface area (Å²) in [5, 5.41) is -0.164. The van der Waals surface area contributed by atoms with Crippen molar-refractivity contribution in [2.45, 2.75) is 56.6 Å². The summed E-state index contributed by atoms with van der Waals surface area (Å²) in [5.41, 5.74) is 0. The van der Waals surface area contributed by atoms with Crippen molar-refractivity contribution < 1.29 is 14.4 Å². The molecule has 15 heavy (non-hydrogen) atoms. The lowest BCUT2D eigenvalue weighted by molar-refractivity contribution is -0.179. The highest BCUT2D eigenvalue weighted by Gasteiger charge is 2.56. The monoisotopic (exact) mass is 232 g/mol. The molecule has 2 fully saturated rings. The molecule has 2 aliphatic rings. The first-order chi connectivity index (χ1) is 6.78. The Kier molecular flexibility index (Phi) is 2.67. The SMILES string of the molecule is CC1(C)CC2(CC(C)(C)P1O)OCCO2. The first-order valence-electron chi connectivity index (χ1n) is 5.55. The molecule has 88 valence electrons. The summed E-state index contributed by atoms with van der Waals surface area (Å²) in [5.74, 6) is -0.422. The number of rotatable bonds is 0. The maximum atomic E-state index is 10.4. The Labute approximate surface area is 93.0 Å². The highest BCUT2D eigenvalue weighted by Crippen LogP contribution is 2.66. The summed E-state index contributed by atoms with van der Waals surface area (Å²) in [6.45, 7) is 9.85. The largest absolute Gasteiger partial charge is 0.373 e. The third-order valence-corrected chi connectivity index (χ3v) is 5.97. The van der Waals surface area contributed by atoms with E-state index >= 15 is 0 Å². The van der Waals surface area contributed by atoms with Crippen LogP contribution in [0.3, 0.4) is 0 Å². The molecule has 0 aliphatic carbocycles. The van der Waals surface area contributed by atoms with Crippen molar-refractivity contribution in [1.29, 1.82) is 0 Å². The minimum atomic E-state index is -0.980. The molecule has 0 bridgehead atoms. The first-order valence-corrected chi connectivity index (χ1v) is 6.84. The zero-order valence-corrected chi connectivity index (χ0v) is 10.9. The van der Waals surface area contributed by atoms with E-state index in [1.54, 1.807) is 0 Å². The predicted octanol–water partition coefficient (Wildman–Crippen LogP) is 2.47. The Morgan fingerprint density at radius 3 is 1.73 bits per heavy atom. The lowest BCUT2D eigenvalue weighted by atomic mass is 9.92. The Morgan fingerprint density at radius 2 is 1.33 bits per heavy atom. The van der Waals surface area contributed by atoms with Crippen LogP contribution in [0.2, 0.25) is 0 Å². The van der Waals surface area contributed by atoms with Gasteiger partial charge >= 0.3 is 0 Å². The van der Waals surface area contributed by atoms with Crippen LogP contribution < -0.4 is 0 Å². The topological polar surface area (TPSA) is 38.7 Å². The van der Waals surface area contributed by atoms with Crippen molar-refractivity contribution in [3.05, 3.63) is 0 Å². The van der Waals surface area contributed by atoms with Gasteiger partial charge in [-0.25, -0.2) is 0 Å². The van der Waals surface area contributed by atoms with Crippen LogP contribution >= 0.6 is 8.15 Å². The van der Waals surface area contributed by atoms with E-state index in [4.69, 9.17) is 9.47 Å². The molecule has 0 atom stereocenters. The summed E-state index contributed by atoms with van der Waals surface area (Å²) in [6.07, 6.45) is 1.62. The van der Waals surface area contributed by atoms with Gasteiger partial charge in [0.25, 0.3) is 0 Å². The van der Waals surface area contributed by atoms with Gasteiger partial charge in [-0.3, -0.25) is 0 Å². The molecule has 0 aromatic rings. The van der Waals surface area contributed by atoms with Gasteiger partial charge in [0.1, 0.15) is 0 Å². The Balaban J connectivity index is 2.27. The second kappa shape index (κ2) is 3.40. The molecule has 2 heterocycles. The van der Waals surface area contributed by atoms with E-state index in [1.807, 2.05) is 0 Å². The highest BCUT2D eigenvalue weighted by atomic mass is 31.1. The van der Waals surface area contributed by atoms with Crippen molar-refractivity contribution in [2.75, 3.05) is 13.2 Å². The van der Waals surface area contributed by atoms with Crippen molar-refractivity contribution >= 4 is 8.15 Å². The van der Waals surface area contributed by atoms with Crippen molar-refractivity contribution in [3.8, 4) is 0 Å². The van der Waals surface area contributed by atoms with E-state index < -0.39 is 13.9 Å². The minimum absolute atomic E-state index is 0.0819. The van der Waals surface area contributed by atoms with Crippen LogP contribution in [0.25, 0.3) is 0 Å². The average molecular weight is 232 g/mol. The summed E-state index contributed by atoms with van der Waals surface area (Å²) >= 11 is 0. The lowest BCUT2D eigenvalue weighted by Gasteiger charge is -2.52. The molecule has 3 nitrogen and oxygen atoms in total. The van der Waals surface area contributed by atoms with E-state index in [0.717, 1.165) is 12.8 Å². The number of ether oxygens (including phenoxy) is 2. The smallest absolute Gasteiger partial charge is 0.170 e. The first kappa shape index (κ1) is 11.8. The van der Waals surface area contributed by atoms with Crippen LogP contribution in [-0.2, 0) is 9.47 Å². The zero-order valence-electron chi connectivity index (χ0n) is 10.0. The van der Waals surface area contributed by atoms with Gasteiger partial charge in [-0.2, -0.15) is 0 Å². The van der Waals surface area contributed by atoms with Crippen LogP contribution in [0, 0.1) is 0 Å². The van der Waals surface area contributed by atoms with Gasteiger partial charge in [0.2, 0.25) is 0 Å². The van der Waals surface area contributed by atoms with Gasteiger partial charge in [0, 0.05) is 31.3 Å². The molecule has 2 aliphatic heterocycles. The fraction of sp³-hybridized carbons (Fsp3) is 1.00. The third kappa shape index (κ3) is 1.95. The van der Waals surface area contributed by atoms with E-state index in [9.17, 15) is 4.89 Å². The molecule has 2 saturated heterocycles. The maximum absolute atomic E-state index is 10.4. The fourth-order valence-corrected chi connectivity index (χ4v) is 5.47. The molecule has 4 heteroatoms. The van der Waals surface area contributed by atoms with Crippen LogP contribution in [0.4, 0.5) is 0 Å². The van der Waals surface area contributed by atoms with Gasteiger partial charge in [0.05, 0.1) is 13.2 Å². The quantitative estimate of drug-likeness (QED) is 0.652. The Hall–Kier alpha value is 0.310. The van der Waals surface area contributed by atoms with E-state index in [-0.39, 0.29) is 10.3 Å². The Bertz CT molecular complexity index is 237. The summed E-state index contributed by atoms with van der Waals surface area (Å²) in [6, 6.07) is 0. The fourth-order valence-electron chi connectivity index (χ4n) is 3.05. The van der Waals surface area contributed by atoms with Crippen molar-refractivity contribution in [1.82, 2.24) is 0 Å². The molecule has 2 rings (SSSR count). The Morgan fingerprint density at radius 1 is 0.933 bits per heavy atom. The number of hydrogen-bond donors (Lipinski definition) is 1. The summed E-state index contributed by atoms with van der Waals surface area (Å²) in [7, 11) is -0.980. The molecule has 0 amide bonds. The van der Waals surface area contributed by atoms with Crippen molar-refractivity contribution in [2.24, 2.45) is 0 Å². The summed E-state index contributed by atoms with van der Waals surface area (Å²) in [4.78, 5) is 10.4. The van der Waals surface area contributed by atoms with E-state index in [2.05, 4.69) is 27.7 Å². The van der Waals surface area contributed by atoms with E-state index in [0.29, 0.717) is 13.2 Å². The third-order valence-electron chi connectivity index (χ3n) is 3.36. The van der Waals surface area contributed by atoms with Gasteiger partial charge < -0.3 is 14.4 Å². The average Bonchev–Trinajstić information content (AvgIpc) is 2.47. The molecule has 1 N–H and O–H groups in total. The summed E-state index contributed by atoms with van der Waals surface area (Å²) < 4.78 is 11.6. The second-order valence-corrected chi connectivity index (χ2v) is 8.94. The molecule has 0 aromatic carbocycles. The van der Waals surface area contributed by atoms with Gasteiger partial charge in [0.15, 0.2) is 5.79 Å². The number of hydrogen-bond acceptors (Lipinski definition) is 3. The highest BCUT2D eigenvalue weighted by molar-refractivity contribution is 7.55. The second-order valence-electron chi connectivity index (χ2n) is 5.90. The maximum Gasteiger partial charge on any atom is 0.170 e. The van der Waals surface area contributed by atoms with Crippen LogP contribution in [0.5, 0.6) is 0 Å². The van der Waals surface area contributed by atoms with Gasteiger partial charge in [-0.1, -0.05) is 27.7 Å². The molecule has 0 radical (unpaired) electrons. The molecule has 0 aromatic heterocycles. The van der Waals surface area contributed by atoms with Gasteiger partial charge in [-0.15, -0.1) is 0 Å². The van der Waals surface area contributed by atoms with Gasteiger partial charge in [-0.05, 0) is 0 Å². The van der Waals surface area contributed by atoms with E-state index in [1.165, 1.54) is 0 Å². The lowest BCUT2D eigenvalue weighted by Crippen LogP contribution is -2.50. The molecule has 1 spiro atoms. The molecule has 0 unspecified atom stereocenters. The van der Waals surface area contributed by atoms with Crippen LogP contribution in [-0.4, -0.2) is 34.2 Å². The zero-order chi connectivity index (χ0) is 11.3. The predicted molar refractivity (Wildman–Crippen MR) is 61.2 cm³/mol. The molecule has 0 saturated carbocycles. The normalized spacial score (nSPS) is 33.4. The van der Waals surface area contributed by atoms with Crippen molar-refractivity contribution in [3.63, 3.8) is 0 Å². The standard InChI is InChI=1S/C11H21O3P/c1-9(2)7-11(13-5-6-14-11)8-10(3,4)15(9)12/h12H,5-8H2,1-4H3. The van der Waals surface area contributed by atoms with Crippen LogP contribution in [0.1, 0.15) is 40.5 Å². The minimum Gasteiger partial charge on any atom is -0.373 e. The van der Waals surface area contributed by atoms with Crippen LogP contribution in [0.15, 0.2) is 0 Å². The molecular weight excluding hydrogens is 211 g/mol. The molecular formula is C11H21O3P.